The summed E-state index contributed by atoms with van der Waals surface area (Å²) in [5.74, 6) is -0.721. The molecule has 0 spiro atoms. The molecule has 8 heteroatoms. The molecule has 2 N–H and O–H groups in total. The fourth-order valence-corrected chi connectivity index (χ4v) is 3.70. The van der Waals surface area contributed by atoms with Gasteiger partial charge in [-0.05, 0) is 49.9 Å². The van der Waals surface area contributed by atoms with Crippen LogP contribution in [0.3, 0.4) is 0 Å². The lowest BCUT2D eigenvalue weighted by molar-refractivity contribution is -0.130. The van der Waals surface area contributed by atoms with Crippen molar-refractivity contribution >= 4 is 21.8 Å². The number of rotatable bonds is 5. The van der Waals surface area contributed by atoms with Crippen LogP contribution in [0.4, 0.5) is 0 Å². The molecule has 2 rings (SSSR count). The second-order valence-corrected chi connectivity index (χ2v) is 8.11. The van der Waals surface area contributed by atoms with Gasteiger partial charge in [0.2, 0.25) is 21.8 Å². The van der Waals surface area contributed by atoms with Gasteiger partial charge in [0.05, 0.1) is 11.4 Å². The number of piperidine rings is 1. The van der Waals surface area contributed by atoms with E-state index in [0.29, 0.717) is 13.0 Å². The van der Waals surface area contributed by atoms with Crippen LogP contribution in [0.25, 0.3) is 0 Å². The Morgan fingerprint density at radius 3 is 2.67 bits per heavy atom. The fraction of sp³-hybridized carbons (Fsp3) is 0.500. The van der Waals surface area contributed by atoms with E-state index >= 15 is 0 Å². The van der Waals surface area contributed by atoms with Crippen LogP contribution < -0.4 is 10.6 Å². The molecular formula is C16H23N3O4S. The highest BCUT2D eigenvalue weighted by atomic mass is 32.2. The Morgan fingerprint density at radius 1 is 1.33 bits per heavy atom. The van der Waals surface area contributed by atoms with Crippen molar-refractivity contribution in [2.45, 2.75) is 37.6 Å². The predicted octanol–water partition coefficient (Wildman–Crippen LogP) is 0.319. The van der Waals surface area contributed by atoms with Crippen molar-refractivity contribution in [3.05, 3.63) is 29.3 Å². The lowest BCUT2D eigenvalue weighted by atomic mass is 10.1. The Hall–Kier alpha value is -1.93. The van der Waals surface area contributed by atoms with Crippen LogP contribution in [0.1, 0.15) is 24.0 Å². The molecule has 0 radical (unpaired) electrons. The normalized spacial score (nSPS) is 18.3. The summed E-state index contributed by atoms with van der Waals surface area (Å²) in [5.41, 5.74) is 1.87. The summed E-state index contributed by atoms with van der Waals surface area (Å²) in [6.07, 6.45) is 1.35. The molecule has 1 atom stereocenters. The van der Waals surface area contributed by atoms with Crippen molar-refractivity contribution in [2.24, 2.45) is 0 Å². The molecule has 1 aromatic carbocycles. The number of nitrogens with zero attached hydrogens (tertiary/aromatic N) is 1. The van der Waals surface area contributed by atoms with Gasteiger partial charge in [-0.1, -0.05) is 6.07 Å². The van der Waals surface area contributed by atoms with Crippen molar-refractivity contribution in [1.29, 1.82) is 0 Å². The summed E-state index contributed by atoms with van der Waals surface area (Å²) in [7, 11) is -2.40. The molecule has 1 unspecified atom stereocenters. The maximum absolute atomic E-state index is 12.6. The predicted molar refractivity (Wildman–Crippen MR) is 89.9 cm³/mol. The summed E-state index contributed by atoms with van der Waals surface area (Å²) >= 11 is 0. The van der Waals surface area contributed by atoms with Gasteiger partial charge in [0.1, 0.15) is 6.04 Å². The van der Waals surface area contributed by atoms with Gasteiger partial charge < -0.3 is 10.6 Å². The van der Waals surface area contributed by atoms with E-state index < -0.39 is 22.0 Å². The summed E-state index contributed by atoms with van der Waals surface area (Å²) in [6.45, 7) is 4.01. The Morgan fingerprint density at radius 2 is 2.04 bits per heavy atom. The molecule has 0 aromatic heterocycles. The first-order chi connectivity index (χ1) is 11.2. The zero-order chi connectivity index (χ0) is 17.9. The molecule has 0 saturated carbocycles. The van der Waals surface area contributed by atoms with Crippen LogP contribution in [0, 0.1) is 13.8 Å². The van der Waals surface area contributed by atoms with Crippen molar-refractivity contribution < 1.29 is 18.0 Å². The first-order valence-corrected chi connectivity index (χ1v) is 9.26. The Balaban J connectivity index is 2.04. The topological polar surface area (TPSA) is 95.6 Å². The van der Waals surface area contributed by atoms with E-state index in [0.717, 1.165) is 21.9 Å². The van der Waals surface area contributed by atoms with E-state index in [9.17, 15) is 18.0 Å². The maximum atomic E-state index is 12.6. The van der Waals surface area contributed by atoms with E-state index in [1.54, 1.807) is 12.1 Å². The van der Waals surface area contributed by atoms with Crippen molar-refractivity contribution in [2.75, 3.05) is 20.1 Å². The number of nitrogens with one attached hydrogen (secondary N) is 2. The van der Waals surface area contributed by atoms with Gasteiger partial charge >= 0.3 is 0 Å². The molecule has 7 nitrogen and oxygen atoms in total. The van der Waals surface area contributed by atoms with Gasteiger partial charge in [0, 0.05) is 13.6 Å². The third-order valence-corrected chi connectivity index (χ3v) is 5.97. The van der Waals surface area contributed by atoms with Gasteiger partial charge in [-0.25, -0.2) is 8.42 Å². The van der Waals surface area contributed by atoms with Crippen LogP contribution in [0.5, 0.6) is 0 Å². The minimum Gasteiger partial charge on any atom is -0.354 e. The Labute approximate surface area is 142 Å². The van der Waals surface area contributed by atoms with E-state index in [-0.39, 0.29) is 17.3 Å². The largest absolute Gasteiger partial charge is 0.354 e. The van der Waals surface area contributed by atoms with Crippen LogP contribution in [0.15, 0.2) is 23.1 Å². The monoisotopic (exact) mass is 353 g/mol. The van der Waals surface area contributed by atoms with Gasteiger partial charge in [-0.3, -0.25) is 9.59 Å². The zero-order valence-corrected chi connectivity index (χ0v) is 14.9. The molecule has 1 fully saturated rings. The highest BCUT2D eigenvalue weighted by Crippen LogP contribution is 2.18. The smallest absolute Gasteiger partial charge is 0.243 e. The highest BCUT2D eigenvalue weighted by molar-refractivity contribution is 7.89. The molecule has 1 aliphatic rings. The standard InChI is InChI=1S/C16H23N3O4S/c1-11-6-7-13(9-12(11)2)24(22,23)19(3)10-15(20)18-14-5-4-8-17-16(14)21/h6-7,9,14H,4-5,8,10H2,1-3H3,(H,17,21)(H,18,20). The molecular weight excluding hydrogens is 330 g/mol. The highest BCUT2D eigenvalue weighted by Gasteiger charge is 2.27. The first kappa shape index (κ1) is 18.4. The summed E-state index contributed by atoms with van der Waals surface area (Å²) in [6, 6.07) is 4.26. The van der Waals surface area contributed by atoms with Crippen LogP contribution in [-0.4, -0.2) is 50.7 Å². The number of sulfonamides is 1. The number of carbonyl (C=O) groups excluding carboxylic acids is 2. The molecule has 0 aliphatic carbocycles. The third-order valence-electron chi connectivity index (χ3n) is 4.17. The second-order valence-electron chi connectivity index (χ2n) is 6.06. The maximum Gasteiger partial charge on any atom is 0.243 e. The Bertz CT molecular complexity index is 746. The quantitative estimate of drug-likeness (QED) is 0.797. The third kappa shape index (κ3) is 4.12. The zero-order valence-electron chi connectivity index (χ0n) is 14.1. The molecule has 1 aromatic rings. The van der Waals surface area contributed by atoms with Crippen LogP contribution in [-0.2, 0) is 19.6 Å². The first-order valence-electron chi connectivity index (χ1n) is 7.82. The van der Waals surface area contributed by atoms with Gasteiger partial charge in [-0.15, -0.1) is 0 Å². The van der Waals surface area contributed by atoms with Crippen LogP contribution >= 0.6 is 0 Å². The number of carbonyl (C=O) groups is 2. The lowest BCUT2D eigenvalue weighted by Gasteiger charge is -2.24. The molecule has 1 saturated heterocycles. The van der Waals surface area contributed by atoms with E-state index in [4.69, 9.17) is 0 Å². The number of amides is 2. The Kier molecular flexibility index (Phi) is 5.61. The molecule has 0 bridgehead atoms. The van der Waals surface area contributed by atoms with Crippen molar-refractivity contribution in [3.63, 3.8) is 0 Å². The average Bonchev–Trinajstić information content (AvgIpc) is 2.52. The number of likely N-dealkylation sites (N-methyl/N-ethyl adjacent to an activating group) is 1. The van der Waals surface area contributed by atoms with E-state index in [1.807, 2.05) is 13.8 Å². The lowest BCUT2D eigenvalue weighted by Crippen LogP contribution is -2.52. The van der Waals surface area contributed by atoms with Gasteiger partial charge in [0.15, 0.2) is 0 Å². The molecule has 132 valence electrons. The molecule has 24 heavy (non-hydrogen) atoms. The SMILES string of the molecule is Cc1ccc(S(=O)(=O)N(C)CC(=O)NC2CCCNC2=O)cc1C. The van der Waals surface area contributed by atoms with Gasteiger partial charge in [0.25, 0.3) is 0 Å². The summed E-state index contributed by atoms with van der Waals surface area (Å²) in [4.78, 5) is 23.9. The van der Waals surface area contributed by atoms with E-state index in [1.165, 1.54) is 13.1 Å². The minimum atomic E-state index is -3.76. The molecule has 2 amide bonds. The molecule has 1 heterocycles. The minimum absolute atomic E-state index is 0.149. The number of benzene rings is 1. The number of hydrogen-bond donors (Lipinski definition) is 2. The second kappa shape index (κ2) is 7.31. The van der Waals surface area contributed by atoms with Gasteiger partial charge in [-0.2, -0.15) is 4.31 Å². The van der Waals surface area contributed by atoms with Crippen molar-refractivity contribution in [1.82, 2.24) is 14.9 Å². The summed E-state index contributed by atoms with van der Waals surface area (Å²) in [5, 5.41) is 5.26. The number of aryl methyl sites for hydroxylation is 2. The average molecular weight is 353 g/mol. The molecule has 1 aliphatic heterocycles. The van der Waals surface area contributed by atoms with E-state index in [2.05, 4.69) is 10.6 Å². The van der Waals surface area contributed by atoms with Crippen molar-refractivity contribution in [3.8, 4) is 0 Å². The summed E-state index contributed by atoms with van der Waals surface area (Å²) < 4.78 is 26.1. The number of hydrogen-bond acceptors (Lipinski definition) is 4. The fourth-order valence-electron chi connectivity index (χ4n) is 2.49. The van der Waals surface area contributed by atoms with Crippen LogP contribution in [0.2, 0.25) is 0 Å².